The van der Waals surface area contributed by atoms with Crippen LogP contribution in [-0.2, 0) is 7.05 Å². The van der Waals surface area contributed by atoms with Gasteiger partial charge in [0.15, 0.2) is 0 Å². The van der Waals surface area contributed by atoms with Crippen molar-refractivity contribution in [3.8, 4) is 0 Å². The summed E-state index contributed by atoms with van der Waals surface area (Å²) in [6.07, 6.45) is 0.723. The van der Waals surface area contributed by atoms with Crippen LogP contribution in [0.1, 0.15) is 19.0 Å². The Balaban J connectivity index is 2.68. The lowest BCUT2D eigenvalue weighted by Crippen LogP contribution is -2.05. The summed E-state index contributed by atoms with van der Waals surface area (Å²) >= 11 is 0. The fourth-order valence-electron chi connectivity index (χ4n) is 1.87. The van der Waals surface area contributed by atoms with Crippen LogP contribution in [0.25, 0.3) is 10.9 Å². The molecular formula is C12H14N2O. The Hall–Kier alpha value is -1.77. The molecule has 1 heterocycles. The number of para-hydroxylation sites is 1. The van der Waals surface area contributed by atoms with Crippen LogP contribution in [0.5, 0.6) is 0 Å². The number of rotatable bonds is 2. The number of aryl methyl sites for hydroxylation is 1. The molecule has 2 rings (SSSR count). The molecule has 0 spiro atoms. The van der Waals surface area contributed by atoms with Gasteiger partial charge in [0.2, 0.25) is 0 Å². The third-order valence-corrected chi connectivity index (χ3v) is 2.70. The van der Waals surface area contributed by atoms with E-state index in [0.29, 0.717) is 5.71 Å². The summed E-state index contributed by atoms with van der Waals surface area (Å²) in [4.78, 5) is 0. The minimum atomic E-state index is 0.716. The van der Waals surface area contributed by atoms with Crippen molar-refractivity contribution in [2.45, 2.75) is 13.3 Å². The lowest BCUT2D eigenvalue weighted by Gasteiger charge is -2.03. The Morgan fingerprint density at radius 3 is 2.73 bits per heavy atom. The summed E-state index contributed by atoms with van der Waals surface area (Å²) in [6.45, 7) is 1.98. The van der Waals surface area contributed by atoms with Crippen molar-refractivity contribution in [2.75, 3.05) is 0 Å². The molecule has 1 N–H and O–H groups in total. The van der Waals surface area contributed by atoms with Crippen molar-refractivity contribution in [3.05, 3.63) is 36.0 Å². The molecule has 0 unspecified atom stereocenters. The summed E-state index contributed by atoms with van der Waals surface area (Å²) in [7, 11) is 1.98. The molecule has 3 heteroatoms. The largest absolute Gasteiger partial charge is 0.411 e. The lowest BCUT2D eigenvalue weighted by atomic mass is 10.2. The van der Waals surface area contributed by atoms with Crippen LogP contribution in [0.3, 0.4) is 0 Å². The van der Waals surface area contributed by atoms with E-state index in [-0.39, 0.29) is 0 Å². The monoisotopic (exact) mass is 202 g/mol. The van der Waals surface area contributed by atoms with E-state index in [4.69, 9.17) is 5.21 Å². The van der Waals surface area contributed by atoms with Crippen molar-refractivity contribution in [1.82, 2.24) is 4.57 Å². The third kappa shape index (κ3) is 1.50. The molecule has 0 saturated heterocycles. The van der Waals surface area contributed by atoms with Gasteiger partial charge in [-0.1, -0.05) is 30.3 Å². The van der Waals surface area contributed by atoms with E-state index in [1.807, 2.05) is 36.7 Å². The smallest absolute Gasteiger partial charge is 0.103 e. The maximum Gasteiger partial charge on any atom is 0.103 e. The quantitative estimate of drug-likeness (QED) is 0.454. The Morgan fingerprint density at radius 1 is 1.40 bits per heavy atom. The molecule has 15 heavy (non-hydrogen) atoms. The Labute approximate surface area is 88.6 Å². The zero-order valence-corrected chi connectivity index (χ0v) is 8.94. The Bertz CT molecular complexity index is 511. The molecule has 0 aliphatic carbocycles. The van der Waals surface area contributed by atoms with Crippen LogP contribution in [0.2, 0.25) is 0 Å². The van der Waals surface area contributed by atoms with Gasteiger partial charge in [0, 0.05) is 18.0 Å². The van der Waals surface area contributed by atoms with E-state index in [0.717, 1.165) is 17.6 Å². The molecule has 0 amide bonds. The van der Waals surface area contributed by atoms with E-state index in [1.54, 1.807) is 0 Å². The molecule has 78 valence electrons. The molecule has 0 fully saturated rings. The first kappa shape index (κ1) is 9.77. The molecule has 1 aromatic carbocycles. The van der Waals surface area contributed by atoms with Gasteiger partial charge in [-0.2, -0.15) is 0 Å². The van der Waals surface area contributed by atoms with Gasteiger partial charge in [-0.05, 0) is 18.6 Å². The van der Waals surface area contributed by atoms with Crippen molar-refractivity contribution in [3.63, 3.8) is 0 Å². The lowest BCUT2D eigenvalue weighted by molar-refractivity contribution is 0.318. The second-order valence-electron chi connectivity index (χ2n) is 3.55. The number of hydrogen-bond donors (Lipinski definition) is 1. The third-order valence-electron chi connectivity index (χ3n) is 2.70. The highest BCUT2D eigenvalue weighted by atomic mass is 16.4. The predicted octanol–water partition coefficient (Wildman–Crippen LogP) is 2.77. The first-order chi connectivity index (χ1) is 7.27. The summed E-state index contributed by atoms with van der Waals surface area (Å²) in [5, 5.41) is 13.4. The second-order valence-corrected chi connectivity index (χ2v) is 3.55. The zero-order chi connectivity index (χ0) is 10.8. The fourth-order valence-corrected chi connectivity index (χ4v) is 1.87. The summed E-state index contributed by atoms with van der Waals surface area (Å²) in [5.74, 6) is 0. The Morgan fingerprint density at radius 2 is 2.13 bits per heavy atom. The highest BCUT2D eigenvalue weighted by Crippen LogP contribution is 2.19. The number of fused-ring (bicyclic) bond motifs is 1. The van der Waals surface area contributed by atoms with Crippen molar-refractivity contribution >= 4 is 16.6 Å². The predicted molar refractivity (Wildman–Crippen MR) is 61.5 cm³/mol. The fraction of sp³-hybridized carbons (Fsp3) is 0.250. The average molecular weight is 202 g/mol. The van der Waals surface area contributed by atoms with E-state index >= 15 is 0 Å². The molecule has 2 aromatic rings. The first-order valence-electron chi connectivity index (χ1n) is 5.03. The summed E-state index contributed by atoms with van der Waals surface area (Å²) in [6, 6.07) is 10.2. The highest BCUT2D eigenvalue weighted by molar-refractivity contribution is 6.02. The summed E-state index contributed by atoms with van der Waals surface area (Å²) < 4.78 is 2.05. The van der Waals surface area contributed by atoms with E-state index < -0.39 is 0 Å². The first-order valence-corrected chi connectivity index (χ1v) is 5.03. The number of hydrogen-bond acceptors (Lipinski definition) is 2. The highest BCUT2D eigenvalue weighted by Gasteiger charge is 2.09. The minimum Gasteiger partial charge on any atom is -0.411 e. The van der Waals surface area contributed by atoms with Gasteiger partial charge >= 0.3 is 0 Å². The zero-order valence-electron chi connectivity index (χ0n) is 8.94. The van der Waals surface area contributed by atoms with Crippen LogP contribution < -0.4 is 0 Å². The number of aromatic nitrogens is 1. The van der Waals surface area contributed by atoms with E-state index in [1.165, 1.54) is 5.39 Å². The maximum atomic E-state index is 8.90. The molecule has 0 aliphatic rings. The molecule has 0 radical (unpaired) electrons. The van der Waals surface area contributed by atoms with Gasteiger partial charge in [0.1, 0.15) is 5.71 Å². The van der Waals surface area contributed by atoms with Gasteiger partial charge in [-0.15, -0.1) is 0 Å². The van der Waals surface area contributed by atoms with E-state index in [2.05, 4.69) is 17.3 Å². The van der Waals surface area contributed by atoms with Gasteiger partial charge in [-0.25, -0.2) is 0 Å². The standard InChI is InChI=1S/C12H14N2O/c1-3-10(13-15)12-8-9-6-4-5-7-11(9)14(12)2/h4-8,15H,3H2,1-2H3. The summed E-state index contributed by atoms with van der Waals surface area (Å²) in [5.41, 5.74) is 2.84. The van der Waals surface area contributed by atoms with Crippen LogP contribution in [0, 0.1) is 0 Å². The SMILES string of the molecule is CCC(=NO)c1cc2ccccc2n1C. The normalized spacial score (nSPS) is 12.3. The Kier molecular flexibility index (Phi) is 2.46. The van der Waals surface area contributed by atoms with Gasteiger partial charge < -0.3 is 9.77 Å². The van der Waals surface area contributed by atoms with E-state index in [9.17, 15) is 0 Å². The molecule has 0 atom stereocenters. The number of benzene rings is 1. The molecule has 3 nitrogen and oxygen atoms in total. The maximum absolute atomic E-state index is 8.90. The van der Waals surface area contributed by atoms with Crippen molar-refractivity contribution in [1.29, 1.82) is 0 Å². The topological polar surface area (TPSA) is 37.5 Å². The minimum absolute atomic E-state index is 0.716. The molecular weight excluding hydrogens is 188 g/mol. The van der Waals surface area contributed by atoms with Crippen molar-refractivity contribution in [2.24, 2.45) is 12.2 Å². The molecule has 0 aliphatic heterocycles. The van der Waals surface area contributed by atoms with Crippen LogP contribution in [0.4, 0.5) is 0 Å². The van der Waals surface area contributed by atoms with Gasteiger partial charge in [0.25, 0.3) is 0 Å². The molecule has 0 bridgehead atoms. The average Bonchev–Trinajstić information content (AvgIpc) is 2.60. The van der Waals surface area contributed by atoms with Crippen molar-refractivity contribution < 1.29 is 5.21 Å². The second kappa shape index (κ2) is 3.77. The number of nitrogens with zero attached hydrogens (tertiary/aromatic N) is 2. The van der Waals surface area contributed by atoms with Crippen LogP contribution in [-0.4, -0.2) is 15.5 Å². The molecule has 1 aromatic heterocycles. The van der Waals surface area contributed by atoms with Crippen LogP contribution >= 0.6 is 0 Å². The van der Waals surface area contributed by atoms with Gasteiger partial charge in [-0.3, -0.25) is 0 Å². The number of oxime groups is 1. The van der Waals surface area contributed by atoms with Crippen LogP contribution in [0.15, 0.2) is 35.5 Å². The molecule has 0 saturated carbocycles. The van der Waals surface area contributed by atoms with Gasteiger partial charge in [0.05, 0.1) is 5.69 Å².